The van der Waals surface area contributed by atoms with Crippen molar-refractivity contribution in [3.63, 3.8) is 0 Å². The van der Waals surface area contributed by atoms with E-state index in [1.54, 1.807) is 0 Å². The highest BCUT2D eigenvalue weighted by molar-refractivity contribution is 6.89. The molecule has 1 heterocycles. The van der Waals surface area contributed by atoms with Crippen LogP contribution >= 0.6 is 0 Å². The van der Waals surface area contributed by atoms with Crippen LogP contribution in [-0.4, -0.2) is 12.5 Å². The van der Waals surface area contributed by atoms with Crippen molar-refractivity contribution in [2.45, 2.75) is 13.1 Å². The molecule has 0 atom stereocenters. The zero-order chi connectivity index (χ0) is 15.2. The Hall–Kier alpha value is -2.32. The second-order valence-corrected chi connectivity index (χ2v) is 10.4. The minimum absolute atomic E-state index is 1.35. The van der Waals surface area contributed by atoms with Gasteiger partial charge in [0.1, 0.15) is 0 Å². The van der Waals surface area contributed by atoms with Gasteiger partial charge in [0, 0.05) is 21.8 Å². The van der Waals surface area contributed by atoms with Crippen molar-refractivity contribution in [3.05, 3.63) is 78.9 Å². The number of nitrogens with zero attached hydrogens (tertiary/aromatic N) is 1. The summed E-state index contributed by atoms with van der Waals surface area (Å²) < 4.78 is 2.60. The lowest BCUT2D eigenvalue weighted by molar-refractivity contribution is 1.27. The lowest BCUT2D eigenvalue weighted by Gasteiger charge is -2.27. The summed E-state index contributed by atoms with van der Waals surface area (Å²) in [6.07, 6.45) is 0. The second kappa shape index (κ2) is 4.85. The predicted octanol–water partition coefficient (Wildman–Crippen LogP) is 4.75. The van der Waals surface area contributed by atoms with Gasteiger partial charge in [0.2, 0.25) is 0 Å². The van der Waals surface area contributed by atoms with Crippen molar-refractivity contribution < 1.29 is 0 Å². The Kier molecular flexibility index (Phi) is 2.94. The summed E-state index contributed by atoms with van der Waals surface area (Å²) >= 11 is 0. The third-order valence-electron chi connectivity index (χ3n) is 4.62. The van der Waals surface area contributed by atoms with Gasteiger partial charge in [0.25, 0.3) is 0 Å². The first-order valence-electron chi connectivity index (χ1n) is 7.74. The molecule has 0 unspecified atom stereocenters. The zero-order valence-corrected chi connectivity index (χ0v) is 14.0. The van der Waals surface area contributed by atoms with E-state index in [0.29, 0.717) is 0 Å². The third-order valence-corrected chi connectivity index (χ3v) is 7.97. The van der Waals surface area contributed by atoms with Crippen molar-refractivity contribution in [1.82, 2.24) is 4.23 Å². The van der Waals surface area contributed by atoms with E-state index in [2.05, 4.69) is 96.2 Å². The van der Waals surface area contributed by atoms with Crippen LogP contribution in [0.1, 0.15) is 0 Å². The molecule has 0 saturated heterocycles. The number of benzene rings is 3. The molecule has 1 nitrogen and oxygen atoms in total. The fraction of sp³-hybridized carbons (Fsp3) is 0.100. The van der Waals surface area contributed by atoms with E-state index in [9.17, 15) is 0 Å². The lowest BCUT2D eigenvalue weighted by atomic mass is 10.2. The van der Waals surface area contributed by atoms with Crippen molar-refractivity contribution >= 4 is 35.2 Å². The number of rotatable bonds is 2. The van der Waals surface area contributed by atoms with Gasteiger partial charge in [-0.05, 0) is 30.4 Å². The maximum Gasteiger partial charge on any atom is 0.187 e. The van der Waals surface area contributed by atoms with Crippen molar-refractivity contribution in [2.24, 2.45) is 0 Å². The molecular formula is C20H19NSi. The first-order chi connectivity index (χ1) is 10.7. The molecule has 1 aromatic heterocycles. The second-order valence-electron chi connectivity index (χ2n) is 6.29. The van der Waals surface area contributed by atoms with Crippen LogP contribution in [0.25, 0.3) is 21.8 Å². The Balaban J connectivity index is 2.13. The van der Waals surface area contributed by atoms with E-state index in [4.69, 9.17) is 0 Å². The highest BCUT2D eigenvalue weighted by Crippen LogP contribution is 2.31. The van der Waals surface area contributed by atoms with Gasteiger partial charge in [0.05, 0.1) is 0 Å². The largest absolute Gasteiger partial charge is 0.364 e. The molecule has 22 heavy (non-hydrogen) atoms. The molecule has 0 N–H and O–H groups in total. The summed E-state index contributed by atoms with van der Waals surface area (Å²) in [5.74, 6) is 0. The van der Waals surface area contributed by atoms with Crippen molar-refractivity contribution in [3.8, 4) is 0 Å². The van der Waals surface area contributed by atoms with E-state index in [0.717, 1.165) is 0 Å². The van der Waals surface area contributed by atoms with E-state index in [-0.39, 0.29) is 0 Å². The fourth-order valence-electron chi connectivity index (χ4n) is 3.50. The molecule has 4 rings (SSSR count). The number of aromatic nitrogens is 1. The van der Waals surface area contributed by atoms with Crippen LogP contribution in [0, 0.1) is 0 Å². The van der Waals surface area contributed by atoms with Crippen LogP contribution in [0.2, 0.25) is 13.1 Å². The Labute approximate surface area is 131 Å². The quantitative estimate of drug-likeness (QED) is 0.471. The molecule has 4 aromatic rings. The molecule has 0 amide bonds. The van der Waals surface area contributed by atoms with Gasteiger partial charge in [-0.15, -0.1) is 0 Å². The first kappa shape index (κ1) is 13.3. The Bertz CT molecular complexity index is 898. The normalized spacial score (nSPS) is 12.1. The summed E-state index contributed by atoms with van der Waals surface area (Å²) in [5, 5.41) is 4.17. The zero-order valence-electron chi connectivity index (χ0n) is 13.0. The number of hydrogen-bond acceptors (Lipinski definition) is 0. The highest BCUT2D eigenvalue weighted by Gasteiger charge is 2.29. The molecule has 2 heteroatoms. The lowest BCUT2D eigenvalue weighted by Crippen LogP contribution is -2.48. The maximum atomic E-state index is 2.60. The van der Waals surface area contributed by atoms with Gasteiger partial charge < -0.3 is 4.23 Å². The van der Waals surface area contributed by atoms with Crippen LogP contribution in [-0.2, 0) is 0 Å². The summed E-state index contributed by atoms with van der Waals surface area (Å²) in [7, 11) is -1.82. The molecule has 0 aliphatic rings. The summed E-state index contributed by atoms with van der Waals surface area (Å²) in [6.45, 7) is 4.86. The van der Waals surface area contributed by atoms with E-state index < -0.39 is 8.24 Å². The molecule has 108 valence electrons. The Morgan fingerprint density at radius 2 is 1.05 bits per heavy atom. The molecule has 0 spiro atoms. The molecular weight excluding hydrogens is 282 g/mol. The Morgan fingerprint density at radius 3 is 1.59 bits per heavy atom. The molecule has 0 saturated carbocycles. The average Bonchev–Trinajstić information content (AvgIpc) is 2.91. The smallest absolute Gasteiger partial charge is 0.187 e. The van der Waals surface area contributed by atoms with Crippen LogP contribution in [0.15, 0.2) is 78.9 Å². The number of para-hydroxylation sites is 2. The SMILES string of the molecule is C[Si](C)(c1ccccc1)n1c2ccccc2c2ccccc21. The predicted molar refractivity (Wildman–Crippen MR) is 98.4 cm³/mol. The molecule has 0 aliphatic heterocycles. The van der Waals surface area contributed by atoms with Gasteiger partial charge in [-0.3, -0.25) is 0 Å². The highest BCUT2D eigenvalue weighted by atomic mass is 28.3. The molecule has 0 aliphatic carbocycles. The van der Waals surface area contributed by atoms with Crippen LogP contribution < -0.4 is 5.19 Å². The average molecular weight is 301 g/mol. The summed E-state index contributed by atoms with van der Waals surface area (Å²) in [5.41, 5.74) is 2.70. The van der Waals surface area contributed by atoms with Crippen LogP contribution in [0.4, 0.5) is 0 Å². The van der Waals surface area contributed by atoms with E-state index in [1.807, 2.05) is 0 Å². The minimum atomic E-state index is -1.82. The van der Waals surface area contributed by atoms with Gasteiger partial charge >= 0.3 is 0 Å². The standard InChI is InChI=1S/C20H19NSi/c1-22(2,16-10-4-3-5-11-16)21-19-14-8-6-12-17(19)18-13-7-9-15-20(18)21/h3-15H,1-2H3. The molecule has 3 aromatic carbocycles. The van der Waals surface area contributed by atoms with Gasteiger partial charge in [-0.2, -0.15) is 0 Å². The maximum absolute atomic E-state index is 2.60. The van der Waals surface area contributed by atoms with E-state index >= 15 is 0 Å². The van der Waals surface area contributed by atoms with Crippen LogP contribution in [0.3, 0.4) is 0 Å². The molecule has 0 bridgehead atoms. The van der Waals surface area contributed by atoms with Crippen LogP contribution in [0.5, 0.6) is 0 Å². The monoisotopic (exact) mass is 301 g/mol. The summed E-state index contributed by atoms with van der Waals surface area (Å²) in [4.78, 5) is 0. The van der Waals surface area contributed by atoms with Crippen molar-refractivity contribution in [2.75, 3.05) is 0 Å². The van der Waals surface area contributed by atoms with Crippen molar-refractivity contribution in [1.29, 1.82) is 0 Å². The molecule has 0 fully saturated rings. The first-order valence-corrected chi connectivity index (χ1v) is 10.7. The third kappa shape index (κ3) is 1.84. The molecule has 0 radical (unpaired) electrons. The van der Waals surface area contributed by atoms with Gasteiger partial charge in [0.15, 0.2) is 8.24 Å². The number of fused-ring (bicyclic) bond motifs is 3. The number of hydrogen-bond donors (Lipinski definition) is 0. The minimum Gasteiger partial charge on any atom is -0.364 e. The Morgan fingerprint density at radius 1 is 0.591 bits per heavy atom. The van der Waals surface area contributed by atoms with E-state index in [1.165, 1.54) is 27.0 Å². The van der Waals surface area contributed by atoms with Gasteiger partial charge in [-0.25, -0.2) is 0 Å². The topological polar surface area (TPSA) is 4.93 Å². The summed E-state index contributed by atoms with van der Waals surface area (Å²) in [6, 6.07) is 28.5. The van der Waals surface area contributed by atoms with Gasteiger partial charge in [-0.1, -0.05) is 66.7 Å². The fourth-order valence-corrected chi connectivity index (χ4v) is 6.36.